The van der Waals surface area contributed by atoms with Crippen LogP contribution in [0.5, 0.6) is 0 Å². The smallest absolute Gasteiger partial charge is 0.237 e. The molecular formula is C18H26N4O2S. The highest BCUT2D eigenvalue weighted by molar-refractivity contribution is 7.22. The minimum atomic E-state index is -0.495. The summed E-state index contributed by atoms with van der Waals surface area (Å²) in [6.07, 6.45) is 1.75. The monoisotopic (exact) mass is 362 g/mol. The molecule has 1 aromatic carbocycles. The Kier molecular flexibility index (Phi) is 6.90. The maximum absolute atomic E-state index is 12.0. The summed E-state index contributed by atoms with van der Waals surface area (Å²) in [6, 6.07) is 5.51. The number of nitrogens with one attached hydrogen (secondary N) is 2. The Morgan fingerprint density at radius 1 is 1.36 bits per heavy atom. The van der Waals surface area contributed by atoms with E-state index in [-0.39, 0.29) is 17.7 Å². The fraction of sp³-hybridized carbons (Fsp3) is 0.500. The third-order valence-corrected chi connectivity index (χ3v) is 5.16. The van der Waals surface area contributed by atoms with Gasteiger partial charge in [-0.15, -0.1) is 0 Å². The van der Waals surface area contributed by atoms with E-state index >= 15 is 0 Å². The van der Waals surface area contributed by atoms with Gasteiger partial charge in [-0.05, 0) is 37.0 Å². The molecule has 6 nitrogen and oxygen atoms in total. The van der Waals surface area contributed by atoms with Crippen molar-refractivity contribution < 1.29 is 9.59 Å². The number of hydrogen-bond acceptors (Lipinski definition) is 5. The summed E-state index contributed by atoms with van der Waals surface area (Å²) in [5.74, 6) is -0.112. The second kappa shape index (κ2) is 8.92. The van der Waals surface area contributed by atoms with E-state index in [4.69, 9.17) is 5.73 Å². The van der Waals surface area contributed by atoms with Gasteiger partial charge in [-0.1, -0.05) is 37.7 Å². The van der Waals surface area contributed by atoms with Crippen LogP contribution in [-0.4, -0.2) is 29.4 Å². The van der Waals surface area contributed by atoms with Gasteiger partial charge in [0.1, 0.15) is 0 Å². The molecule has 2 aromatic rings. The molecule has 2 rings (SSSR count). The van der Waals surface area contributed by atoms with Crippen LogP contribution >= 0.6 is 11.3 Å². The molecule has 2 amide bonds. The van der Waals surface area contributed by atoms with Crippen LogP contribution in [-0.2, 0) is 9.59 Å². The highest BCUT2D eigenvalue weighted by atomic mass is 32.1. The largest absolute Gasteiger partial charge is 0.355 e. The van der Waals surface area contributed by atoms with Crippen molar-refractivity contribution in [3.8, 4) is 0 Å². The molecule has 0 aliphatic rings. The van der Waals surface area contributed by atoms with Gasteiger partial charge in [-0.25, -0.2) is 4.98 Å². The second-order valence-corrected chi connectivity index (χ2v) is 7.37. The van der Waals surface area contributed by atoms with Crippen LogP contribution in [0.1, 0.15) is 38.7 Å². The molecule has 1 aromatic heterocycles. The van der Waals surface area contributed by atoms with E-state index in [0.717, 1.165) is 16.6 Å². The third kappa shape index (κ3) is 5.51. The highest BCUT2D eigenvalue weighted by Crippen LogP contribution is 2.26. The number of benzene rings is 1. The number of amides is 2. The zero-order valence-electron chi connectivity index (χ0n) is 15.0. The van der Waals surface area contributed by atoms with Crippen molar-refractivity contribution in [1.82, 2.24) is 10.3 Å². The minimum Gasteiger partial charge on any atom is -0.355 e. The molecule has 0 radical (unpaired) electrons. The SMILES string of the molecule is CC[C@H](C)[C@H](N)C(=O)NCCCC(=O)Nc1nc2ccc(C)cc2s1. The van der Waals surface area contributed by atoms with Gasteiger partial charge < -0.3 is 16.4 Å². The Labute approximate surface area is 152 Å². The van der Waals surface area contributed by atoms with Gasteiger partial charge in [0.2, 0.25) is 11.8 Å². The topological polar surface area (TPSA) is 97.1 Å². The molecule has 25 heavy (non-hydrogen) atoms. The van der Waals surface area contributed by atoms with Crippen LogP contribution in [0.4, 0.5) is 5.13 Å². The molecular weight excluding hydrogens is 336 g/mol. The Bertz CT molecular complexity index is 744. The standard InChI is InChI=1S/C18H26N4O2S/c1-4-12(3)16(19)17(24)20-9-5-6-15(23)22-18-21-13-8-7-11(2)10-14(13)25-18/h7-8,10,12,16H,4-6,9,19H2,1-3H3,(H,20,24)(H,21,22,23)/t12-,16-/m0/s1. The average Bonchev–Trinajstić information content (AvgIpc) is 2.98. The Morgan fingerprint density at radius 3 is 2.84 bits per heavy atom. The van der Waals surface area contributed by atoms with Crippen LogP contribution < -0.4 is 16.4 Å². The zero-order chi connectivity index (χ0) is 18.4. The number of anilines is 1. The molecule has 4 N–H and O–H groups in total. The minimum absolute atomic E-state index is 0.101. The lowest BCUT2D eigenvalue weighted by Crippen LogP contribution is -2.44. The molecule has 2 atom stereocenters. The molecule has 0 bridgehead atoms. The number of carbonyl (C=O) groups is 2. The first-order valence-electron chi connectivity index (χ1n) is 8.61. The van der Waals surface area contributed by atoms with E-state index < -0.39 is 6.04 Å². The number of nitrogens with two attached hydrogens (primary N) is 1. The predicted molar refractivity (Wildman–Crippen MR) is 103 cm³/mol. The van der Waals surface area contributed by atoms with Gasteiger partial charge in [0.15, 0.2) is 5.13 Å². The van der Waals surface area contributed by atoms with E-state index in [9.17, 15) is 9.59 Å². The first-order chi connectivity index (χ1) is 11.9. The van der Waals surface area contributed by atoms with Crippen molar-refractivity contribution in [3.63, 3.8) is 0 Å². The van der Waals surface area contributed by atoms with Crippen LogP contribution in [0, 0.1) is 12.8 Å². The van der Waals surface area contributed by atoms with Crippen molar-refractivity contribution in [1.29, 1.82) is 0 Å². The molecule has 0 aliphatic heterocycles. The maximum atomic E-state index is 12.0. The number of aryl methyl sites for hydroxylation is 1. The van der Waals surface area contributed by atoms with E-state index in [1.165, 1.54) is 16.9 Å². The summed E-state index contributed by atoms with van der Waals surface area (Å²) in [4.78, 5) is 28.3. The number of thiazole rings is 1. The fourth-order valence-electron chi connectivity index (χ4n) is 2.36. The van der Waals surface area contributed by atoms with Crippen molar-refractivity contribution in [3.05, 3.63) is 23.8 Å². The summed E-state index contributed by atoms with van der Waals surface area (Å²) in [6.45, 7) is 6.43. The van der Waals surface area contributed by atoms with E-state index in [1.807, 2.05) is 32.9 Å². The van der Waals surface area contributed by atoms with Crippen LogP contribution in [0.25, 0.3) is 10.2 Å². The first kappa shape index (κ1) is 19.3. The van der Waals surface area contributed by atoms with Gasteiger partial charge >= 0.3 is 0 Å². The normalized spacial score (nSPS) is 13.4. The van der Waals surface area contributed by atoms with Crippen molar-refractivity contribution in [2.45, 2.75) is 46.1 Å². The number of rotatable bonds is 8. The van der Waals surface area contributed by atoms with Crippen molar-refractivity contribution >= 4 is 38.5 Å². The molecule has 0 unspecified atom stereocenters. The molecule has 136 valence electrons. The fourth-order valence-corrected chi connectivity index (χ4v) is 3.34. The molecule has 7 heteroatoms. The summed E-state index contributed by atoms with van der Waals surface area (Å²) >= 11 is 1.46. The zero-order valence-corrected chi connectivity index (χ0v) is 15.8. The number of nitrogens with zero attached hydrogens (tertiary/aromatic N) is 1. The summed E-state index contributed by atoms with van der Waals surface area (Å²) in [7, 11) is 0. The van der Waals surface area contributed by atoms with Crippen LogP contribution in [0.2, 0.25) is 0 Å². The summed E-state index contributed by atoms with van der Waals surface area (Å²) in [5.41, 5.74) is 7.92. The Balaban J connectivity index is 1.74. The molecule has 1 heterocycles. The second-order valence-electron chi connectivity index (χ2n) is 6.34. The van der Waals surface area contributed by atoms with E-state index in [1.54, 1.807) is 0 Å². The van der Waals surface area contributed by atoms with Gasteiger partial charge in [-0.2, -0.15) is 0 Å². The number of aromatic nitrogens is 1. The summed E-state index contributed by atoms with van der Waals surface area (Å²) in [5, 5.41) is 6.21. The predicted octanol–water partition coefficient (Wildman–Crippen LogP) is 2.81. The lowest BCUT2D eigenvalue weighted by Gasteiger charge is -2.17. The Morgan fingerprint density at radius 2 is 2.12 bits per heavy atom. The van der Waals surface area contributed by atoms with E-state index in [0.29, 0.717) is 24.5 Å². The number of carbonyl (C=O) groups excluding carboxylic acids is 2. The van der Waals surface area contributed by atoms with Gasteiger partial charge in [-0.3, -0.25) is 9.59 Å². The molecule has 0 aliphatic carbocycles. The van der Waals surface area contributed by atoms with Crippen LogP contribution in [0.15, 0.2) is 18.2 Å². The van der Waals surface area contributed by atoms with Crippen molar-refractivity contribution in [2.24, 2.45) is 11.7 Å². The lowest BCUT2D eigenvalue weighted by atomic mass is 9.99. The maximum Gasteiger partial charge on any atom is 0.237 e. The third-order valence-electron chi connectivity index (χ3n) is 4.23. The molecule has 0 fully saturated rings. The first-order valence-corrected chi connectivity index (χ1v) is 9.42. The molecule has 0 saturated carbocycles. The molecule has 0 saturated heterocycles. The molecule has 0 spiro atoms. The highest BCUT2D eigenvalue weighted by Gasteiger charge is 2.18. The lowest BCUT2D eigenvalue weighted by molar-refractivity contribution is -0.123. The number of hydrogen-bond donors (Lipinski definition) is 3. The Hall–Kier alpha value is -1.99. The quantitative estimate of drug-likeness (QED) is 0.629. The average molecular weight is 362 g/mol. The van der Waals surface area contributed by atoms with Gasteiger partial charge in [0.05, 0.1) is 16.3 Å². The summed E-state index contributed by atoms with van der Waals surface area (Å²) < 4.78 is 1.06. The van der Waals surface area contributed by atoms with E-state index in [2.05, 4.69) is 21.7 Å². The van der Waals surface area contributed by atoms with Crippen molar-refractivity contribution in [2.75, 3.05) is 11.9 Å². The van der Waals surface area contributed by atoms with Gasteiger partial charge in [0, 0.05) is 13.0 Å². The number of fused-ring (bicyclic) bond motifs is 1. The van der Waals surface area contributed by atoms with Crippen LogP contribution in [0.3, 0.4) is 0 Å². The van der Waals surface area contributed by atoms with Gasteiger partial charge in [0.25, 0.3) is 0 Å².